The number of imide groups is 1. The van der Waals surface area contributed by atoms with E-state index in [1.165, 1.54) is 17.0 Å². The first kappa shape index (κ1) is 23.1. The second-order valence-electron chi connectivity index (χ2n) is 8.54. The summed E-state index contributed by atoms with van der Waals surface area (Å²) in [6.07, 6.45) is 3.42. The Morgan fingerprint density at radius 2 is 1.58 bits per heavy atom. The van der Waals surface area contributed by atoms with E-state index in [4.69, 9.17) is 0 Å². The molecular weight excluding hydrogens is 444 g/mol. The van der Waals surface area contributed by atoms with Gasteiger partial charge in [0.05, 0.1) is 21.9 Å². The highest BCUT2D eigenvalue weighted by molar-refractivity contribution is 7.89. The van der Waals surface area contributed by atoms with Gasteiger partial charge in [0.2, 0.25) is 10.0 Å². The molecule has 0 bridgehead atoms. The fourth-order valence-corrected chi connectivity index (χ4v) is 5.69. The molecule has 2 aromatic carbocycles. The average molecular weight is 471 g/mol. The number of nitrogens with one attached hydrogen (secondary N) is 1. The zero-order valence-electron chi connectivity index (χ0n) is 18.1. The van der Waals surface area contributed by atoms with Gasteiger partial charge >= 0.3 is 5.97 Å². The zero-order valence-corrected chi connectivity index (χ0v) is 18.9. The molecule has 0 radical (unpaired) electrons. The molecule has 0 spiro atoms. The van der Waals surface area contributed by atoms with E-state index < -0.39 is 21.9 Å². The van der Waals surface area contributed by atoms with Crippen molar-refractivity contribution in [3.63, 3.8) is 0 Å². The number of sulfonamides is 1. The van der Waals surface area contributed by atoms with E-state index in [9.17, 15) is 27.9 Å². The molecule has 2 amide bonds. The standard InChI is InChI=1S/C24H26N2O6S/c27-22-20-7-3-4-8-21(20)23(28)26(22)14-13-16-9-11-18(12-10-16)33(31,32)25-15-17-5-1-2-6-19(17)24(29)30/h3-4,7-12,17,19,25H,1-2,5-6,13-15H2,(H,29,30)/t17-,19-/m0/s1. The Labute approximate surface area is 192 Å². The predicted octanol–water partition coefficient (Wildman–Crippen LogP) is 2.69. The number of benzene rings is 2. The first-order valence-corrected chi connectivity index (χ1v) is 12.5. The maximum Gasteiger partial charge on any atom is 0.306 e. The summed E-state index contributed by atoms with van der Waals surface area (Å²) in [6.45, 7) is 0.301. The van der Waals surface area contributed by atoms with Gasteiger partial charge in [0.25, 0.3) is 11.8 Å². The van der Waals surface area contributed by atoms with Crippen LogP contribution in [0.1, 0.15) is 52.0 Å². The predicted molar refractivity (Wildman–Crippen MR) is 120 cm³/mol. The minimum Gasteiger partial charge on any atom is -0.481 e. The van der Waals surface area contributed by atoms with Crippen LogP contribution >= 0.6 is 0 Å². The molecule has 33 heavy (non-hydrogen) atoms. The maximum atomic E-state index is 12.7. The first-order chi connectivity index (χ1) is 15.8. The van der Waals surface area contributed by atoms with Gasteiger partial charge in [-0.1, -0.05) is 37.1 Å². The molecule has 2 N–H and O–H groups in total. The largest absolute Gasteiger partial charge is 0.481 e. The third-order valence-corrected chi connectivity index (χ3v) is 7.94. The summed E-state index contributed by atoms with van der Waals surface area (Å²) in [4.78, 5) is 37.7. The van der Waals surface area contributed by atoms with E-state index in [1.54, 1.807) is 36.4 Å². The summed E-state index contributed by atoms with van der Waals surface area (Å²) in [6, 6.07) is 13.0. The topological polar surface area (TPSA) is 121 Å². The smallest absolute Gasteiger partial charge is 0.306 e. The van der Waals surface area contributed by atoms with Gasteiger partial charge in [0.1, 0.15) is 0 Å². The Hall–Kier alpha value is -3.04. The molecule has 2 aliphatic rings. The fraction of sp³-hybridized carbons (Fsp3) is 0.375. The van der Waals surface area contributed by atoms with Crippen molar-refractivity contribution < 1.29 is 27.9 Å². The molecule has 2 atom stereocenters. The third-order valence-electron chi connectivity index (χ3n) is 6.50. The minimum absolute atomic E-state index is 0.0923. The van der Waals surface area contributed by atoms with E-state index in [-0.39, 0.29) is 35.7 Å². The lowest BCUT2D eigenvalue weighted by Crippen LogP contribution is -2.37. The van der Waals surface area contributed by atoms with Crippen molar-refractivity contribution in [3.8, 4) is 0 Å². The number of carbonyl (C=O) groups excluding carboxylic acids is 2. The third kappa shape index (κ3) is 4.84. The SMILES string of the molecule is O=C(O)[C@H]1CCCC[C@H]1CNS(=O)(=O)c1ccc(CCN2C(=O)c3ccccc3C2=O)cc1. The normalized spacial score (nSPS) is 20.7. The molecule has 0 saturated heterocycles. The van der Waals surface area contributed by atoms with Gasteiger partial charge in [0.15, 0.2) is 0 Å². The van der Waals surface area contributed by atoms with Crippen LogP contribution < -0.4 is 4.72 Å². The number of hydrogen-bond donors (Lipinski definition) is 2. The van der Waals surface area contributed by atoms with Crippen molar-refractivity contribution in [1.29, 1.82) is 0 Å². The Kier molecular flexibility index (Phi) is 6.62. The number of aliphatic carboxylic acids is 1. The molecule has 1 saturated carbocycles. The molecule has 2 aromatic rings. The van der Waals surface area contributed by atoms with Crippen LogP contribution in [-0.2, 0) is 21.2 Å². The number of fused-ring (bicyclic) bond motifs is 1. The Morgan fingerprint density at radius 1 is 0.970 bits per heavy atom. The molecule has 1 heterocycles. The lowest BCUT2D eigenvalue weighted by Gasteiger charge is -2.28. The van der Waals surface area contributed by atoms with Crippen molar-refractivity contribution in [2.75, 3.05) is 13.1 Å². The van der Waals surface area contributed by atoms with Gasteiger partial charge in [-0.2, -0.15) is 0 Å². The second kappa shape index (κ2) is 9.44. The molecule has 4 rings (SSSR count). The number of hydrogen-bond acceptors (Lipinski definition) is 5. The van der Waals surface area contributed by atoms with E-state index in [1.807, 2.05) is 0 Å². The summed E-state index contributed by atoms with van der Waals surface area (Å²) >= 11 is 0. The van der Waals surface area contributed by atoms with Crippen molar-refractivity contribution >= 4 is 27.8 Å². The van der Waals surface area contributed by atoms with Crippen molar-refractivity contribution in [3.05, 3.63) is 65.2 Å². The first-order valence-electron chi connectivity index (χ1n) is 11.0. The Morgan fingerprint density at radius 3 is 2.18 bits per heavy atom. The van der Waals surface area contributed by atoms with Crippen LogP contribution in [0.3, 0.4) is 0 Å². The van der Waals surface area contributed by atoms with E-state index >= 15 is 0 Å². The Balaban J connectivity index is 1.35. The summed E-state index contributed by atoms with van der Waals surface area (Å²) in [7, 11) is -3.77. The summed E-state index contributed by atoms with van der Waals surface area (Å²) in [5, 5.41) is 9.38. The highest BCUT2D eigenvalue weighted by atomic mass is 32.2. The van der Waals surface area contributed by atoms with Crippen LogP contribution in [0.4, 0.5) is 0 Å². The van der Waals surface area contributed by atoms with Gasteiger partial charge in [0, 0.05) is 13.1 Å². The fourth-order valence-electron chi connectivity index (χ4n) is 4.60. The van der Waals surface area contributed by atoms with Crippen LogP contribution in [0, 0.1) is 11.8 Å². The molecule has 1 fully saturated rings. The molecule has 0 unspecified atom stereocenters. The van der Waals surface area contributed by atoms with E-state index in [0.29, 0.717) is 30.4 Å². The minimum atomic E-state index is -3.77. The highest BCUT2D eigenvalue weighted by Gasteiger charge is 2.35. The van der Waals surface area contributed by atoms with Crippen molar-refractivity contribution in [2.24, 2.45) is 11.8 Å². The highest BCUT2D eigenvalue weighted by Crippen LogP contribution is 2.30. The molecule has 8 nitrogen and oxygen atoms in total. The lowest BCUT2D eigenvalue weighted by molar-refractivity contribution is -0.144. The molecule has 1 aliphatic heterocycles. The molecule has 174 valence electrons. The number of amides is 2. The van der Waals surface area contributed by atoms with Crippen molar-refractivity contribution in [2.45, 2.75) is 37.0 Å². The second-order valence-corrected chi connectivity index (χ2v) is 10.3. The number of rotatable bonds is 8. The number of carboxylic acids is 1. The van der Waals surface area contributed by atoms with E-state index in [0.717, 1.165) is 18.4 Å². The van der Waals surface area contributed by atoms with Crippen LogP contribution in [0.2, 0.25) is 0 Å². The average Bonchev–Trinajstić information content (AvgIpc) is 3.06. The summed E-state index contributed by atoms with van der Waals surface area (Å²) < 4.78 is 27.9. The lowest BCUT2D eigenvalue weighted by atomic mass is 9.79. The van der Waals surface area contributed by atoms with Gasteiger partial charge in [-0.05, 0) is 55.0 Å². The van der Waals surface area contributed by atoms with Crippen LogP contribution in [-0.4, -0.2) is 49.3 Å². The summed E-state index contributed by atoms with van der Waals surface area (Å²) in [5.74, 6) is -2.25. The monoisotopic (exact) mass is 470 g/mol. The van der Waals surface area contributed by atoms with Crippen LogP contribution in [0.25, 0.3) is 0 Å². The van der Waals surface area contributed by atoms with Gasteiger partial charge in [-0.25, -0.2) is 13.1 Å². The maximum absolute atomic E-state index is 12.7. The summed E-state index contributed by atoms with van der Waals surface area (Å²) in [5.41, 5.74) is 1.60. The quantitative estimate of drug-likeness (QED) is 0.572. The number of nitrogens with zero attached hydrogens (tertiary/aromatic N) is 1. The van der Waals surface area contributed by atoms with Gasteiger partial charge < -0.3 is 5.11 Å². The van der Waals surface area contributed by atoms with E-state index in [2.05, 4.69) is 4.72 Å². The zero-order chi connectivity index (χ0) is 23.6. The van der Waals surface area contributed by atoms with Gasteiger partial charge in [-0.3, -0.25) is 19.3 Å². The molecule has 1 aliphatic carbocycles. The Bertz CT molecular complexity index is 1140. The molecule has 0 aromatic heterocycles. The van der Waals surface area contributed by atoms with Gasteiger partial charge in [-0.15, -0.1) is 0 Å². The van der Waals surface area contributed by atoms with Crippen LogP contribution in [0.5, 0.6) is 0 Å². The molecule has 9 heteroatoms. The number of carbonyl (C=O) groups is 3. The number of carboxylic acid groups (broad SMARTS) is 1. The molecular formula is C24H26N2O6S. The van der Waals surface area contributed by atoms with Crippen LogP contribution in [0.15, 0.2) is 53.4 Å². The van der Waals surface area contributed by atoms with Crippen molar-refractivity contribution in [1.82, 2.24) is 9.62 Å².